The van der Waals surface area contributed by atoms with Crippen LogP contribution < -0.4 is 10.6 Å². The van der Waals surface area contributed by atoms with Gasteiger partial charge in [0.25, 0.3) is 0 Å². The Bertz CT molecular complexity index is 461. The number of rotatable bonds is 5. The van der Waals surface area contributed by atoms with Crippen LogP contribution in [0.25, 0.3) is 0 Å². The number of aliphatic imine (C=N–C) groups is 1. The van der Waals surface area contributed by atoms with E-state index in [1.807, 2.05) is 7.05 Å². The Morgan fingerprint density at radius 3 is 2.86 bits per heavy atom. The van der Waals surface area contributed by atoms with Gasteiger partial charge in [-0.15, -0.1) is 35.3 Å². The van der Waals surface area contributed by atoms with E-state index in [4.69, 9.17) is 0 Å². The monoisotopic (exact) mass is 436 g/mol. The predicted octanol–water partition coefficient (Wildman–Crippen LogP) is 3.21. The van der Waals surface area contributed by atoms with Gasteiger partial charge >= 0.3 is 0 Å². The van der Waals surface area contributed by atoms with Crippen molar-refractivity contribution < 1.29 is 0 Å². The summed E-state index contributed by atoms with van der Waals surface area (Å²) in [5.74, 6) is 0.907. The molecule has 0 aromatic carbocycles. The van der Waals surface area contributed by atoms with Gasteiger partial charge in [-0.3, -0.25) is 9.89 Å². The Kier molecular flexibility index (Phi) is 9.35. The van der Waals surface area contributed by atoms with Gasteiger partial charge < -0.3 is 10.6 Å². The number of likely N-dealkylation sites (N-methyl/N-ethyl adjacent to an activating group) is 1. The molecule has 126 valence electrons. The Labute approximate surface area is 155 Å². The molecule has 1 aliphatic heterocycles. The minimum absolute atomic E-state index is 0. The van der Waals surface area contributed by atoms with Crippen LogP contribution in [0.3, 0.4) is 0 Å². The lowest BCUT2D eigenvalue weighted by Gasteiger charge is -2.35. The van der Waals surface area contributed by atoms with Crippen molar-refractivity contribution in [3.8, 4) is 0 Å². The fourth-order valence-electron chi connectivity index (χ4n) is 2.89. The molecule has 1 aromatic heterocycles. The zero-order chi connectivity index (χ0) is 15.1. The van der Waals surface area contributed by atoms with Crippen LogP contribution in [0.2, 0.25) is 0 Å². The first-order valence-electron chi connectivity index (χ1n) is 7.96. The Morgan fingerprint density at radius 2 is 2.23 bits per heavy atom. The Hall–Kier alpha value is -0.340. The van der Waals surface area contributed by atoms with Gasteiger partial charge in [-0.1, -0.05) is 13.3 Å². The second-order valence-corrected chi connectivity index (χ2v) is 6.61. The van der Waals surface area contributed by atoms with Crippen LogP contribution in [0.4, 0.5) is 0 Å². The third-order valence-corrected chi connectivity index (χ3v) is 5.29. The highest BCUT2D eigenvalue weighted by Gasteiger charge is 2.20. The summed E-state index contributed by atoms with van der Waals surface area (Å²) in [6.07, 6.45) is 3.99. The van der Waals surface area contributed by atoms with Crippen molar-refractivity contribution in [2.24, 2.45) is 4.99 Å². The highest BCUT2D eigenvalue weighted by atomic mass is 127. The highest BCUT2D eigenvalue weighted by molar-refractivity contribution is 14.0. The molecule has 2 rings (SSSR count). The first kappa shape index (κ1) is 19.7. The molecule has 1 fully saturated rings. The zero-order valence-electron chi connectivity index (χ0n) is 13.9. The first-order valence-corrected chi connectivity index (χ1v) is 8.84. The average Bonchev–Trinajstić information content (AvgIpc) is 2.93. The van der Waals surface area contributed by atoms with E-state index in [9.17, 15) is 0 Å². The molecule has 0 amide bonds. The molecule has 1 aliphatic rings. The van der Waals surface area contributed by atoms with E-state index >= 15 is 0 Å². The fourth-order valence-corrected chi connectivity index (χ4v) is 3.74. The largest absolute Gasteiger partial charge is 0.355 e. The molecule has 0 saturated carbocycles. The molecule has 0 aliphatic carbocycles. The molecule has 22 heavy (non-hydrogen) atoms. The van der Waals surface area contributed by atoms with Crippen molar-refractivity contribution in [1.29, 1.82) is 0 Å². The number of halogens is 1. The summed E-state index contributed by atoms with van der Waals surface area (Å²) in [6, 6.07) is 2.81. The second kappa shape index (κ2) is 10.4. The number of piperidine rings is 1. The lowest BCUT2D eigenvalue weighted by molar-refractivity contribution is 0.157. The van der Waals surface area contributed by atoms with Crippen molar-refractivity contribution in [2.75, 3.05) is 26.7 Å². The summed E-state index contributed by atoms with van der Waals surface area (Å²) < 4.78 is 0. The summed E-state index contributed by atoms with van der Waals surface area (Å²) in [5.41, 5.74) is 1.35. The summed E-state index contributed by atoms with van der Waals surface area (Å²) in [6.45, 7) is 8.63. The van der Waals surface area contributed by atoms with Gasteiger partial charge in [0, 0.05) is 24.5 Å². The van der Waals surface area contributed by atoms with Crippen LogP contribution in [0.1, 0.15) is 36.6 Å². The zero-order valence-corrected chi connectivity index (χ0v) is 17.0. The first-order chi connectivity index (χ1) is 10.2. The van der Waals surface area contributed by atoms with Crippen LogP contribution in [-0.2, 0) is 6.54 Å². The van der Waals surface area contributed by atoms with Crippen molar-refractivity contribution in [1.82, 2.24) is 15.5 Å². The van der Waals surface area contributed by atoms with Crippen molar-refractivity contribution in [2.45, 2.75) is 45.7 Å². The topological polar surface area (TPSA) is 39.7 Å². The molecular formula is C16H29IN4S. The molecule has 0 bridgehead atoms. The number of guanidine groups is 1. The van der Waals surface area contributed by atoms with Gasteiger partial charge in [-0.05, 0) is 49.9 Å². The van der Waals surface area contributed by atoms with Gasteiger partial charge in [0.2, 0.25) is 0 Å². The molecule has 6 heteroatoms. The van der Waals surface area contributed by atoms with Gasteiger partial charge in [0.05, 0.1) is 6.54 Å². The molecule has 0 spiro atoms. The van der Waals surface area contributed by atoms with E-state index in [2.05, 4.69) is 45.8 Å². The van der Waals surface area contributed by atoms with Crippen LogP contribution in [0, 0.1) is 6.92 Å². The van der Waals surface area contributed by atoms with Gasteiger partial charge in [0.15, 0.2) is 5.96 Å². The van der Waals surface area contributed by atoms with Crippen LogP contribution in [0.5, 0.6) is 0 Å². The second-order valence-electron chi connectivity index (χ2n) is 5.61. The number of hydrogen-bond donors (Lipinski definition) is 2. The molecule has 1 aromatic rings. The number of hydrogen-bond acceptors (Lipinski definition) is 3. The smallest absolute Gasteiger partial charge is 0.191 e. The van der Waals surface area contributed by atoms with Gasteiger partial charge in [-0.2, -0.15) is 0 Å². The molecule has 1 atom stereocenters. The van der Waals surface area contributed by atoms with Gasteiger partial charge in [0.1, 0.15) is 0 Å². The summed E-state index contributed by atoms with van der Waals surface area (Å²) in [4.78, 5) is 8.29. The standard InChI is InChI=1S/C16H28N4S.HI/c1-4-20-9-6-5-7-14(20)11-18-16(17-3)19-12-15-13(2)8-10-21-15;/h8,10,14H,4-7,9,11-12H2,1-3H3,(H2,17,18,19);1H. The molecule has 2 N–H and O–H groups in total. The normalized spacial score (nSPS) is 19.6. The van der Waals surface area contributed by atoms with Crippen molar-refractivity contribution in [3.63, 3.8) is 0 Å². The van der Waals surface area contributed by atoms with Gasteiger partial charge in [-0.25, -0.2) is 0 Å². The Morgan fingerprint density at radius 1 is 1.41 bits per heavy atom. The van der Waals surface area contributed by atoms with E-state index in [1.54, 1.807) is 11.3 Å². The van der Waals surface area contributed by atoms with Crippen molar-refractivity contribution >= 4 is 41.3 Å². The average molecular weight is 436 g/mol. The van der Waals surface area contributed by atoms with Crippen LogP contribution >= 0.6 is 35.3 Å². The molecule has 1 unspecified atom stereocenters. The summed E-state index contributed by atoms with van der Waals surface area (Å²) in [5, 5.41) is 9.05. The van der Waals surface area contributed by atoms with Crippen LogP contribution in [0.15, 0.2) is 16.4 Å². The maximum atomic E-state index is 4.33. The quantitative estimate of drug-likeness (QED) is 0.423. The maximum absolute atomic E-state index is 4.33. The van der Waals surface area contributed by atoms with E-state index in [0.29, 0.717) is 6.04 Å². The van der Waals surface area contributed by atoms with Crippen LogP contribution in [-0.4, -0.2) is 43.6 Å². The number of thiophene rings is 1. The molecule has 2 heterocycles. The number of nitrogens with one attached hydrogen (secondary N) is 2. The lowest BCUT2D eigenvalue weighted by atomic mass is 10.0. The third kappa shape index (κ3) is 5.70. The molecule has 1 saturated heterocycles. The minimum Gasteiger partial charge on any atom is -0.355 e. The lowest BCUT2D eigenvalue weighted by Crippen LogP contribution is -2.48. The summed E-state index contributed by atoms with van der Waals surface area (Å²) in [7, 11) is 1.84. The molecular weight excluding hydrogens is 407 g/mol. The predicted molar refractivity (Wildman–Crippen MR) is 108 cm³/mol. The van der Waals surface area contributed by atoms with E-state index < -0.39 is 0 Å². The van der Waals surface area contributed by atoms with E-state index in [1.165, 1.54) is 36.2 Å². The fraction of sp³-hybridized carbons (Fsp3) is 0.688. The highest BCUT2D eigenvalue weighted by Crippen LogP contribution is 2.16. The van der Waals surface area contributed by atoms with E-state index in [-0.39, 0.29) is 24.0 Å². The molecule has 0 radical (unpaired) electrons. The van der Waals surface area contributed by atoms with Crippen molar-refractivity contribution in [3.05, 3.63) is 21.9 Å². The van der Waals surface area contributed by atoms with E-state index in [0.717, 1.165) is 25.6 Å². The third-order valence-electron chi connectivity index (χ3n) is 4.27. The number of nitrogens with zero attached hydrogens (tertiary/aromatic N) is 2. The minimum atomic E-state index is 0. The number of aryl methyl sites for hydroxylation is 1. The number of likely N-dealkylation sites (tertiary alicyclic amines) is 1. The maximum Gasteiger partial charge on any atom is 0.191 e. The SMILES string of the molecule is CCN1CCCCC1CNC(=NC)NCc1sccc1C.I. The summed E-state index contributed by atoms with van der Waals surface area (Å²) >= 11 is 1.80. The Balaban J connectivity index is 0.00000242. The molecule has 4 nitrogen and oxygen atoms in total.